The topological polar surface area (TPSA) is 36.8 Å². The molecule has 0 saturated heterocycles. The Morgan fingerprint density at radius 1 is 1.00 bits per heavy atom. The van der Waals surface area contributed by atoms with Crippen molar-refractivity contribution in [2.24, 2.45) is 10.2 Å². The molecule has 0 aromatic heterocycles. The van der Waals surface area contributed by atoms with Crippen LogP contribution in [0.5, 0.6) is 0 Å². The highest BCUT2D eigenvalue weighted by molar-refractivity contribution is 6.24. The first-order valence-corrected chi connectivity index (χ1v) is 5.61. The van der Waals surface area contributed by atoms with Gasteiger partial charge in [-0.1, -0.05) is 18.2 Å². The summed E-state index contributed by atoms with van der Waals surface area (Å²) in [4.78, 5) is 2.57. The Hall–Kier alpha value is -1.87. The van der Waals surface area contributed by atoms with Gasteiger partial charge in [-0.3, -0.25) is 4.84 Å². The molecule has 3 nitrogen and oxygen atoms in total. The summed E-state index contributed by atoms with van der Waals surface area (Å²) in [5.41, 5.74) is 3.55. The van der Waals surface area contributed by atoms with Gasteiger partial charge in [0.15, 0.2) is 0 Å². The van der Waals surface area contributed by atoms with Crippen molar-refractivity contribution in [3.05, 3.63) is 54.1 Å². The summed E-state index contributed by atoms with van der Waals surface area (Å²) in [6.07, 6.45) is 0. The summed E-state index contributed by atoms with van der Waals surface area (Å²) in [6.45, 7) is 1.97. The standard InChI is InChI=1S/C13H12ClN3/c1-10-9-12(15-14)7-8-13(10)17-16-11-5-3-2-4-6-11/h2-9,15H,1H3/b17-16+. The van der Waals surface area contributed by atoms with Gasteiger partial charge in [-0.25, -0.2) is 0 Å². The summed E-state index contributed by atoms with van der Waals surface area (Å²) < 4.78 is 0. The number of azo groups is 1. The van der Waals surface area contributed by atoms with E-state index in [0.717, 1.165) is 22.6 Å². The van der Waals surface area contributed by atoms with Gasteiger partial charge < -0.3 is 0 Å². The van der Waals surface area contributed by atoms with Gasteiger partial charge in [0, 0.05) is 17.5 Å². The van der Waals surface area contributed by atoms with Crippen LogP contribution in [0.1, 0.15) is 5.56 Å². The Bertz CT molecular complexity index is 523. The van der Waals surface area contributed by atoms with Crippen LogP contribution in [-0.2, 0) is 0 Å². The van der Waals surface area contributed by atoms with E-state index in [9.17, 15) is 0 Å². The molecule has 0 atom stereocenters. The maximum atomic E-state index is 5.52. The number of rotatable bonds is 3. The van der Waals surface area contributed by atoms with Crippen LogP contribution < -0.4 is 4.84 Å². The lowest BCUT2D eigenvalue weighted by Gasteiger charge is -2.02. The number of nitrogens with one attached hydrogen (secondary N) is 1. The molecule has 0 fully saturated rings. The zero-order valence-electron chi connectivity index (χ0n) is 9.39. The van der Waals surface area contributed by atoms with Gasteiger partial charge in [0.2, 0.25) is 0 Å². The molecule has 2 aromatic carbocycles. The van der Waals surface area contributed by atoms with E-state index in [0.29, 0.717) is 0 Å². The molecule has 0 unspecified atom stereocenters. The molecule has 0 bridgehead atoms. The van der Waals surface area contributed by atoms with Crippen LogP contribution in [0.4, 0.5) is 17.1 Å². The lowest BCUT2D eigenvalue weighted by molar-refractivity contribution is 1.21. The number of hydrogen-bond acceptors (Lipinski definition) is 3. The Kier molecular flexibility index (Phi) is 3.73. The van der Waals surface area contributed by atoms with Gasteiger partial charge in [-0.2, -0.15) is 10.2 Å². The zero-order chi connectivity index (χ0) is 12.1. The highest BCUT2D eigenvalue weighted by atomic mass is 35.5. The van der Waals surface area contributed by atoms with E-state index in [4.69, 9.17) is 11.8 Å². The van der Waals surface area contributed by atoms with Crippen molar-refractivity contribution in [1.82, 2.24) is 0 Å². The number of hydrogen-bond donors (Lipinski definition) is 1. The molecule has 4 heteroatoms. The van der Waals surface area contributed by atoms with Crippen molar-refractivity contribution >= 4 is 28.8 Å². The van der Waals surface area contributed by atoms with Gasteiger partial charge in [0.25, 0.3) is 0 Å². The van der Waals surface area contributed by atoms with Crippen LogP contribution in [-0.4, -0.2) is 0 Å². The summed E-state index contributed by atoms with van der Waals surface area (Å²) >= 11 is 5.52. The normalized spacial score (nSPS) is 10.7. The lowest BCUT2D eigenvalue weighted by atomic mass is 10.2. The fourth-order valence-electron chi connectivity index (χ4n) is 1.43. The van der Waals surface area contributed by atoms with E-state index < -0.39 is 0 Å². The predicted octanol–water partition coefficient (Wildman–Crippen LogP) is 4.98. The smallest absolute Gasteiger partial charge is 0.0887 e. The highest BCUT2D eigenvalue weighted by Gasteiger charge is 1.98. The van der Waals surface area contributed by atoms with Gasteiger partial charge in [-0.05, 0) is 42.8 Å². The van der Waals surface area contributed by atoms with Crippen molar-refractivity contribution in [1.29, 1.82) is 0 Å². The van der Waals surface area contributed by atoms with Crippen molar-refractivity contribution < 1.29 is 0 Å². The molecule has 0 saturated carbocycles. The van der Waals surface area contributed by atoms with Crippen LogP contribution in [0.3, 0.4) is 0 Å². The van der Waals surface area contributed by atoms with E-state index in [2.05, 4.69) is 15.1 Å². The van der Waals surface area contributed by atoms with Crippen LogP contribution in [0, 0.1) is 6.92 Å². The number of nitrogens with zero attached hydrogens (tertiary/aromatic N) is 2. The quantitative estimate of drug-likeness (QED) is 0.601. The van der Waals surface area contributed by atoms with Gasteiger partial charge >= 0.3 is 0 Å². The Labute approximate surface area is 105 Å². The van der Waals surface area contributed by atoms with Crippen molar-refractivity contribution in [3.63, 3.8) is 0 Å². The van der Waals surface area contributed by atoms with E-state index in [1.807, 2.05) is 55.5 Å². The second kappa shape index (κ2) is 5.46. The third-order valence-corrected chi connectivity index (χ3v) is 2.55. The van der Waals surface area contributed by atoms with E-state index in [1.54, 1.807) is 0 Å². The maximum absolute atomic E-state index is 5.52. The monoisotopic (exact) mass is 245 g/mol. The maximum Gasteiger partial charge on any atom is 0.0887 e. The minimum absolute atomic E-state index is 0.838. The fraction of sp³-hybridized carbons (Fsp3) is 0.0769. The first-order chi connectivity index (χ1) is 8.29. The van der Waals surface area contributed by atoms with Gasteiger partial charge in [0.05, 0.1) is 11.4 Å². The highest BCUT2D eigenvalue weighted by Crippen LogP contribution is 2.24. The van der Waals surface area contributed by atoms with Crippen LogP contribution in [0.2, 0.25) is 0 Å². The van der Waals surface area contributed by atoms with Crippen LogP contribution >= 0.6 is 11.8 Å². The Balaban J connectivity index is 2.22. The second-order valence-corrected chi connectivity index (χ2v) is 3.82. The third-order valence-electron chi connectivity index (χ3n) is 2.34. The van der Waals surface area contributed by atoms with Crippen LogP contribution in [0.25, 0.3) is 0 Å². The van der Waals surface area contributed by atoms with Gasteiger partial charge in [-0.15, -0.1) is 0 Å². The molecule has 0 radical (unpaired) electrons. The predicted molar refractivity (Wildman–Crippen MR) is 71.3 cm³/mol. The molecule has 0 aliphatic carbocycles. The second-order valence-electron chi connectivity index (χ2n) is 3.63. The first-order valence-electron chi connectivity index (χ1n) is 5.23. The number of aryl methyl sites for hydroxylation is 1. The minimum Gasteiger partial charge on any atom is -0.299 e. The summed E-state index contributed by atoms with van der Waals surface area (Å²) in [6, 6.07) is 15.3. The number of benzene rings is 2. The molecule has 0 amide bonds. The molecule has 17 heavy (non-hydrogen) atoms. The first kappa shape index (κ1) is 11.6. The fourth-order valence-corrected chi connectivity index (χ4v) is 1.55. The van der Waals surface area contributed by atoms with E-state index in [1.165, 1.54) is 0 Å². The molecule has 86 valence electrons. The zero-order valence-corrected chi connectivity index (χ0v) is 10.1. The minimum atomic E-state index is 0.838. The summed E-state index contributed by atoms with van der Waals surface area (Å²) in [5.74, 6) is 0. The SMILES string of the molecule is Cc1cc(NCl)ccc1/N=N/c1ccccc1. The number of halogens is 1. The molecule has 0 aliphatic rings. The Morgan fingerprint density at radius 3 is 2.41 bits per heavy atom. The van der Waals surface area contributed by atoms with E-state index in [-0.39, 0.29) is 0 Å². The molecular formula is C13H12ClN3. The average molecular weight is 246 g/mol. The Morgan fingerprint density at radius 2 is 1.76 bits per heavy atom. The molecule has 0 spiro atoms. The summed E-state index contributed by atoms with van der Waals surface area (Å²) in [5, 5.41) is 8.37. The molecule has 0 heterocycles. The average Bonchev–Trinajstić information content (AvgIpc) is 2.38. The van der Waals surface area contributed by atoms with Crippen LogP contribution in [0.15, 0.2) is 58.8 Å². The molecular weight excluding hydrogens is 234 g/mol. The number of anilines is 1. The molecule has 2 rings (SSSR count). The third kappa shape index (κ3) is 3.04. The molecule has 1 N–H and O–H groups in total. The molecule has 2 aromatic rings. The van der Waals surface area contributed by atoms with Crippen molar-refractivity contribution in [2.75, 3.05) is 4.84 Å². The summed E-state index contributed by atoms with van der Waals surface area (Å²) in [7, 11) is 0. The van der Waals surface area contributed by atoms with E-state index >= 15 is 0 Å². The largest absolute Gasteiger partial charge is 0.299 e. The van der Waals surface area contributed by atoms with Crippen molar-refractivity contribution in [3.8, 4) is 0 Å². The molecule has 0 aliphatic heterocycles. The lowest BCUT2D eigenvalue weighted by Crippen LogP contribution is -1.81. The van der Waals surface area contributed by atoms with Gasteiger partial charge in [0.1, 0.15) is 0 Å². The van der Waals surface area contributed by atoms with Crippen molar-refractivity contribution in [2.45, 2.75) is 6.92 Å².